The van der Waals surface area contributed by atoms with Crippen LogP contribution in [0.1, 0.15) is 34.2 Å². The van der Waals surface area contributed by atoms with Gasteiger partial charge in [0, 0.05) is 23.1 Å². The van der Waals surface area contributed by atoms with Gasteiger partial charge in [0.2, 0.25) is 0 Å². The van der Waals surface area contributed by atoms with Gasteiger partial charge in [-0.3, -0.25) is 14.9 Å². The molecule has 1 aliphatic heterocycles. The van der Waals surface area contributed by atoms with E-state index >= 15 is 0 Å². The zero-order valence-corrected chi connectivity index (χ0v) is 20.4. The Balaban J connectivity index is 1.74. The van der Waals surface area contributed by atoms with Crippen molar-refractivity contribution in [3.05, 3.63) is 81.6 Å². The predicted molar refractivity (Wildman–Crippen MR) is 134 cm³/mol. The lowest BCUT2D eigenvalue weighted by Crippen LogP contribution is -2.54. The molecule has 0 aliphatic carbocycles. The highest BCUT2D eigenvalue weighted by atomic mass is 35.5. The number of aromatic carboxylic acids is 1. The number of aromatic nitrogens is 1. The number of rotatable bonds is 6. The monoisotopic (exact) mass is 507 g/mol. The molecule has 2 aromatic carbocycles. The number of ether oxygens (including phenoxy) is 1. The van der Waals surface area contributed by atoms with Gasteiger partial charge in [-0.2, -0.15) is 0 Å². The smallest absolute Gasteiger partial charge is 0.337 e. The molecule has 0 radical (unpaired) electrons. The zero-order chi connectivity index (χ0) is 26.1. The van der Waals surface area contributed by atoms with E-state index in [-0.39, 0.29) is 21.8 Å². The van der Waals surface area contributed by atoms with Crippen LogP contribution in [0.15, 0.2) is 54.1 Å². The summed E-state index contributed by atoms with van der Waals surface area (Å²) in [6, 6.07) is 12.0. The van der Waals surface area contributed by atoms with Gasteiger partial charge in [0.25, 0.3) is 11.8 Å². The maximum atomic E-state index is 13.3. The largest absolute Gasteiger partial charge is 0.494 e. The van der Waals surface area contributed by atoms with Gasteiger partial charge in [-0.25, -0.2) is 14.5 Å². The summed E-state index contributed by atoms with van der Waals surface area (Å²) in [5.74, 6) is -2.23. The summed E-state index contributed by atoms with van der Waals surface area (Å²) in [5, 5.41) is 11.5. The van der Waals surface area contributed by atoms with Gasteiger partial charge < -0.3 is 14.4 Å². The highest BCUT2D eigenvalue weighted by molar-refractivity contribution is 6.39. The van der Waals surface area contributed by atoms with Crippen molar-refractivity contribution >= 4 is 47.2 Å². The number of nitrogens with zero attached hydrogens (tertiary/aromatic N) is 2. The Labute approximate surface area is 211 Å². The highest BCUT2D eigenvalue weighted by Crippen LogP contribution is 2.29. The lowest BCUT2D eigenvalue weighted by molar-refractivity contribution is -0.122. The van der Waals surface area contributed by atoms with Crippen molar-refractivity contribution in [2.24, 2.45) is 0 Å². The summed E-state index contributed by atoms with van der Waals surface area (Å²) >= 11 is 6.15. The van der Waals surface area contributed by atoms with Crippen LogP contribution in [0.25, 0.3) is 11.8 Å². The molecule has 4 amide bonds. The Morgan fingerprint density at radius 1 is 1.08 bits per heavy atom. The number of hydrogen-bond acceptors (Lipinski definition) is 5. The van der Waals surface area contributed by atoms with Crippen LogP contribution in [0, 0.1) is 13.8 Å². The normalized spacial score (nSPS) is 14.8. The number of carbonyl (C=O) groups excluding carboxylic acids is 3. The first-order chi connectivity index (χ1) is 17.1. The number of anilines is 1. The fourth-order valence-corrected chi connectivity index (χ4v) is 4.33. The van der Waals surface area contributed by atoms with E-state index in [1.807, 2.05) is 18.4 Å². The van der Waals surface area contributed by atoms with Crippen LogP contribution in [-0.4, -0.2) is 40.1 Å². The van der Waals surface area contributed by atoms with Crippen molar-refractivity contribution < 1.29 is 29.0 Å². The minimum absolute atomic E-state index is 0.0205. The maximum Gasteiger partial charge on any atom is 0.337 e. The number of amides is 4. The maximum absolute atomic E-state index is 13.3. The summed E-state index contributed by atoms with van der Waals surface area (Å²) in [6.45, 7) is 5.84. The van der Waals surface area contributed by atoms with E-state index in [1.54, 1.807) is 43.3 Å². The summed E-state index contributed by atoms with van der Waals surface area (Å²) in [7, 11) is 0. The second kappa shape index (κ2) is 9.71. The zero-order valence-electron chi connectivity index (χ0n) is 19.7. The molecule has 0 saturated carbocycles. The van der Waals surface area contributed by atoms with Gasteiger partial charge in [0.05, 0.1) is 22.9 Å². The van der Waals surface area contributed by atoms with Crippen LogP contribution in [0.3, 0.4) is 0 Å². The minimum Gasteiger partial charge on any atom is -0.494 e. The van der Waals surface area contributed by atoms with Gasteiger partial charge >= 0.3 is 12.0 Å². The Morgan fingerprint density at radius 2 is 1.83 bits per heavy atom. The summed E-state index contributed by atoms with van der Waals surface area (Å²) in [6.07, 6.45) is 1.43. The molecular formula is C26H22ClN3O6. The SMILES string of the molecule is CCOc1cccc(N2C(=O)NC(=O)/C(=C\c3cc(C)n(-c4ccc(C(=O)O)c(Cl)c4)c3C)C2=O)c1. The third-order valence-corrected chi connectivity index (χ3v) is 6.01. The number of barbiturate groups is 1. The molecular weight excluding hydrogens is 486 g/mol. The van der Waals surface area contributed by atoms with E-state index in [2.05, 4.69) is 5.32 Å². The number of carboxylic acids is 1. The average Bonchev–Trinajstić information content (AvgIpc) is 3.09. The molecule has 184 valence electrons. The van der Waals surface area contributed by atoms with Crippen LogP contribution in [0.2, 0.25) is 5.02 Å². The summed E-state index contributed by atoms with van der Waals surface area (Å²) < 4.78 is 7.28. The number of hydrogen-bond donors (Lipinski definition) is 2. The topological polar surface area (TPSA) is 118 Å². The van der Waals surface area contributed by atoms with Gasteiger partial charge in [-0.1, -0.05) is 17.7 Å². The molecule has 1 fully saturated rings. The Hall–Kier alpha value is -4.37. The molecule has 2 heterocycles. The molecule has 10 heteroatoms. The first-order valence-corrected chi connectivity index (χ1v) is 11.4. The van der Waals surface area contributed by atoms with Crippen molar-refractivity contribution in [1.29, 1.82) is 0 Å². The molecule has 3 aromatic rings. The number of urea groups is 1. The van der Waals surface area contributed by atoms with Gasteiger partial charge in [0.1, 0.15) is 11.3 Å². The van der Waals surface area contributed by atoms with Crippen LogP contribution in [0.5, 0.6) is 5.75 Å². The number of aryl methyl sites for hydroxylation is 1. The summed E-state index contributed by atoms with van der Waals surface area (Å²) in [5.41, 5.74) is 2.67. The van der Waals surface area contributed by atoms with E-state index in [9.17, 15) is 24.3 Å². The molecule has 2 N–H and O–H groups in total. The molecule has 1 aromatic heterocycles. The van der Waals surface area contributed by atoms with Crippen molar-refractivity contribution in [1.82, 2.24) is 9.88 Å². The standard InChI is InChI=1S/C26H22ClN3O6/c1-4-36-19-7-5-6-17(12-19)30-24(32)21(23(31)28-26(30)35)11-16-10-14(2)29(15(16)3)18-8-9-20(25(33)34)22(27)13-18/h5-13H,4H2,1-3H3,(H,33,34)(H,28,31,35)/b21-11+. The van der Waals surface area contributed by atoms with Crippen molar-refractivity contribution in [3.8, 4) is 11.4 Å². The molecule has 0 bridgehead atoms. The van der Waals surface area contributed by atoms with E-state index in [1.165, 1.54) is 18.2 Å². The highest BCUT2D eigenvalue weighted by Gasteiger charge is 2.37. The lowest BCUT2D eigenvalue weighted by Gasteiger charge is -2.26. The van der Waals surface area contributed by atoms with E-state index in [4.69, 9.17) is 16.3 Å². The van der Waals surface area contributed by atoms with Crippen LogP contribution in [0.4, 0.5) is 10.5 Å². The second-order valence-corrected chi connectivity index (χ2v) is 8.43. The van der Waals surface area contributed by atoms with Crippen LogP contribution < -0.4 is 15.0 Å². The molecule has 1 saturated heterocycles. The first kappa shape index (κ1) is 24.7. The number of imide groups is 2. The Bertz CT molecular complexity index is 1460. The molecule has 1 aliphatic rings. The van der Waals surface area contributed by atoms with Crippen molar-refractivity contribution in [2.45, 2.75) is 20.8 Å². The number of benzene rings is 2. The van der Waals surface area contributed by atoms with Crippen LogP contribution in [-0.2, 0) is 9.59 Å². The number of halogens is 1. The van der Waals surface area contributed by atoms with E-state index in [0.717, 1.165) is 10.6 Å². The quantitative estimate of drug-likeness (QED) is 0.374. The molecule has 0 unspecified atom stereocenters. The molecule has 9 nitrogen and oxygen atoms in total. The third-order valence-electron chi connectivity index (χ3n) is 5.70. The number of carbonyl (C=O) groups is 4. The Morgan fingerprint density at radius 3 is 2.50 bits per heavy atom. The molecule has 0 spiro atoms. The van der Waals surface area contributed by atoms with Gasteiger partial charge in [-0.15, -0.1) is 0 Å². The van der Waals surface area contributed by atoms with Gasteiger partial charge in [0.15, 0.2) is 0 Å². The fraction of sp³-hybridized carbons (Fsp3) is 0.154. The molecule has 4 rings (SSSR count). The molecule has 0 atom stereocenters. The van der Waals surface area contributed by atoms with Gasteiger partial charge in [-0.05, 0) is 68.8 Å². The van der Waals surface area contributed by atoms with E-state index in [0.29, 0.717) is 29.3 Å². The number of nitrogens with one attached hydrogen (secondary N) is 1. The van der Waals surface area contributed by atoms with Crippen molar-refractivity contribution in [2.75, 3.05) is 11.5 Å². The lowest BCUT2D eigenvalue weighted by atomic mass is 10.1. The minimum atomic E-state index is -1.13. The average molecular weight is 508 g/mol. The first-order valence-electron chi connectivity index (χ1n) is 11.0. The summed E-state index contributed by atoms with van der Waals surface area (Å²) in [4.78, 5) is 50.7. The Kier molecular flexibility index (Phi) is 6.67. The van der Waals surface area contributed by atoms with Crippen molar-refractivity contribution in [3.63, 3.8) is 0 Å². The fourth-order valence-electron chi connectivity index (χ4n) is 4.07. The number of carboxylic acid groups (broad SMARTS) is 1. The predicted octanol–water partition coefficient (Wildman–Crippen LogP) is 4.51. The molecule has 36 heavy (non-hydrogen) atoms. The third kappa shape index (κ3) is 4.48. The van der Waals surface area contributed by atoms with E-state index < -0.39 is 23.8 Å². The second-order valence-electron chi connectivity index (χ2n) is 8.02. The van der Waals surface area contributed by atoms with Crippen LogP contribution >= 0.6 is 11.6 Å².